The molecule has 0 unspecified atom stereocenters. The molecule has 28 heavy (non-hydrogen) atoms. The number of likely N-dealkylation sites (N-methyl/N-ethyl adjacent to an activating group) is 1. The van der Waals surface area contributed by atoms with Crippen LogP contribution in [0.25, 0.3) is 10.2 Å². The first-order valence-electron chi connectivity index (χ1n) is 9.03. The molecule has 0 saturated carbocycles. The molecule has 2 amide bonds. The first-order valence-corrected chi connectivity index (χ1v) is 10.2. The number of nitrogens with zero attached hydrogens (tertiary/aromatic N) is 2. The molecule has 1 aromatic heterocycles. The van der Waals surface area contributed by atoms with E-state index in [0.717, 1.165) is 26.5 Å². The van der Waals surface area contributed by atoms with Crippen LogP contribution in [-0.2, 0) is 16.6 Å². The second kappa shape index (κ2) is 6.87. The van der Waals surface area contributed by atoms with Crippen LogP contribution in [0.1, 0.15) is 34.8 Å². The third kappa shape index (κ3) is 3.16. The van der Waals surface area contributed by atoms with Gasteiger partial charge in [0.25, 0.3) is 5.91 Å². The number of amides is 2. The molecular weight excluding hydrogens is 394 g/mol. The Balaban J connectivity index is 1.44. The number of halogens is 1. The number of thiazole rings is 1. The summed E-state index contributed by atoms with van der Waals surface area (Å²) in [6.45, 7) is 4.27. The molecule has 0 fully saturated rings. The molecule has 0 radical (unpaired) electrons. The van der Waals surface area contributed by atoms with Crippen molar-refractivity contribution < 1.29 is 9.59 Å². The maximum atomic E-state index is 12.6. The molecule has 2 aromatic carbocycles. The van der Waals surface area contributed by atoms with Crippen LogP contribution >= 0.6 is 22.9 Å². The zero-order valence-corrected chi connectivity index (χ0v) is 17.4. The lowest BCUT2D eigenvalue weighted by Crippen LogP contribution is -2.33. The number of hydrogen-bond acceptors (Lipinski definition) is 4. The van der Waals surface area contributed by atoms with Crippen LogP contribution in [0.4, 0.5) is 5.69 Å². The van der Waals surface area contributed by atoms with Gasteiger partial charge in [-0.15, -0.1) is 11.3 Å². The molecular formula is C21H20ClN3O2S. The smallest absolute Gasteiger partial charge is 0.251 e. The third-order valence-electron chi connectivity index (χ3n) is 5.15. The van der Waals surface area contributed by atoms with Crippen molar-refractivity contribution in [2.45, 2.75) is 25.7 Å². The van der Waals surface area contributed by atoms with Crippen molar-refractivity contribution in [2.75, 3.05) is 18.5 Å². The van der Waals surface area contributed by atoms with Gasteiger partial charge in [-0.2, -0.15) is 0 Å². The molecule has 3 aromatic rings. The number of carbonyl (C=O) groups is 2. The SMILES string of the molecule is CN1C(=O)C(C)(C)c2cc(C(=O)NCCc3nc4cc(Cl)ccc4s3)ccc21. The van der Waals surface area contributed by atoms with Gasteiger partial charge in [0.2, 0.25) is 5.91 Å². The monoisotopic (exact) mass is 413 g/mol. The van der Waals surface area contributed by atoms with E-state index in [1.54, 1.807) is 29.4 Å². The average molecular weight is 414 g/mol. The number of anilines is 1. The Labute approximate surface area is 172 Å². The lowest BCUT2D eigenvalue weighted by atomic mass is 9.85. The maximum absolute atomic E-state index is 12.6. The summed E-state index contributed by atoms with van der Waals surface area (Å²) in [6.07, 6.45) is 0.653. The Hall–Kier alpha value is -2.44. The van der Waals surface area contributed by atoms with Gasteiger partial charge in [0, 0.05) is 36.3 Å². The fourth-order valence-electron chi connectivity index (χ4n) is 3.55. The van der Waals surface area contributed by atoms with Gasteiger partial charge in [-0.25, -0.2) is 4.98 Å². The molecule has 0 atom stereocenters. The largest absolute Gasteiger partial charge is 0.352 e. The third-order valence-corrected chi connectivity index (χ3v) is 6.48. The van der Waals surface area contributed by atoms with Crippen LogP contribution < -0.4 is 10.2 Å². The highest BCUT2D eigenvalue weighted by atomic mass is 35.5. The van der Waals surface area contributed by atoms with Crippen LogP contribution in [0, 0.1) is 0 Å². The standard InChI is InChI=1S/C21H20ClN3O2S/c1-21(2)14-10-12(4-6-16(14)25(3)20(21)27)19(26)23-9-8-18-24-15-11-13(22)5-7-17(15)28-18/h4-7,10-11H,8-9H2,1-3H3,(H,23,26). The van der Waals surface area contributed by atoms with Gasteiger partial charge in [-0.05, 0) is 55.8 Å². The van der Waals surface area contributed by atoms with Crippen LogP contribution in [0.5, 0.6) is 0 Å². The fourth-order valence-corrected chi connectivity index (χ4v) is 4.67. The number of hydrogen-bond donors (Lipinski definition) is 1. The average Bonchev–Trinajstić information content (AvgIpc) is 3.14. The van der Waals surface area contributed by atoms with Crippen molar-refractivity contribution in [1.82, 2.24) is 10.3 Å². The lowest BCUT2D eigenvalue weighted by Gasteiger charge is -2.16. The van der Waals surface area contributed by atoms with E-state index >= 15 is 0 Å². The van der Waals surface area contributed by atoms with E-state index in [2.05, 4.69) is 10.3 Å². The Kier molecular flexibility index (Phi) is 4.63. The molecule has 2 heterocycles. The van der Waals surface area contributed by atoms with E-state index < -0.39 is 5.41 Å². The Morgan fingerprint density at radius 1 is 1.25 bits per heavy atom. The number of benzene rings is 2. The highest BCUT2D eigenvalue weighted by Crippen LogP contribution is 2.41. The summed E-state index contributed by atoms with van der Waals surface area (Å²) in [5.74, 6) is -0.110. The van der Waals surface area contributed by atoms with Gasteiger partial charge in [0.15, 0.2) is 0 Å². The van der Waals surface area contributed by atoms with Gasteiger partial charge >= 0.3 is 0 Å². The molecule has 144 valence electrons. The molecule has 0 bridgehead atoms. The Morgan fingerprint density at radius 2 is 2.04 bits per heavy atom. The quantitative estimate of drug-likeness (QED) is 0.698. The topological polar surface area (TPSA) is 62.3 Å². The van der Waals surface area contributed by atoms with Gasteiger partial charge < -0.3 is 10.2 Å². The number of aromatic nitrogens is 1. The van der Waals surface area contributed by atoms with Crippen molar-refractivity contribution in [3.63, 3.8) is 0 Å². The molecule has 5 nitrogen and oxygen atoms in total. The van der Waals surface area contributed by atoms with Crippen molar-refractivity contribution in [1.29, 1.82) is 0 Å². The summed E-state index contributed by atoms with van der Waals surface area (Å²) in [5, 5.41) is 4.57. The first kappa shape index (κ1) is 18.9. The summed E-state index contributed by atoms with van der Waals surface area (Å²) >= 11 is 7.61. The summed E-state index contributed by atoms with van der Waals surface area (Å²) < 4.78 is 1.08. The maximum Gasteiger partial charge on any atom is 0.251 e. The van der Waals surface area contributed by atoms with Crippen LogP contribution in [0.2, 0.25) is 5.02 Å². The van der Waals surface area contributed by atoms with Gasteiger partial charge in [0.05, 0.1) is 20.6 Å². The minimum Gasteiger partial charge on any atom is -0.352 e. The summed E-state index contributed by atoms with van der Waals surface area (Å²) in [5.41, 5.74) is 2.57. The molecule has 0 aliphatic carbocycles. The second-order valence-corrected chi connectivity index (χ2v) is 9.00. The van der Waals surface area contributed by atoms with E-state index in [1.807, 2.05) is 44.2 Å². The van der Waals surface area contributed by atoms with Crippen molar-refractivity contribution >= 4 is 50.7 Å². The molecule has 0 spiro atoms. The molecule has 0 saturated heterocycles. The van der Waals surface area contributed by atoms with E-state index in [0.29, 0.717) is 23.6 Å². The minimum atomic E-state index is -0.622. The fraction of sp³-hybridized carbons (Fsp3) is 0.286. The van der Waals surface area contributed by atoms with Crippen LogP contribution in [0.15, 0.2) is 36.4 Å². The first-order chi connectivity index (χ1) is 13.3. The summed E-state index contributed by atoms with van der Waals surface area (Å²) in [6, 6.07) is 11.1. The Morgan fingerprint density at radius 3 is 2.82 bits per heavy atom. The van der Waals surface area contributed by atoms with Crippen molar-refractivity contribution in [3.8, 4) is 0 Å². The molecule has 1 aliphatic heterocycles. The van der Waals surface area contributed by atoms with Crippen LogP contribution in [-0.4, -0.2) is 30.4 Å². The number of nitrogens with one attached hydrogen (secondary N) is 1. The van der Waals surface area contributed by atoms with Gasteiger partial charge in [-0.1, -0.05) is 11.6 Å². The van der Waals surface area contributed by atoms with Crippen molar-refractivity contribution in [2.24, 2.45) is 0 Å². The normalized spacial score (nSPS) is 15.1. The minimum absolute atomic E-state index is 0.0380. The van der Waals surface area contributed by atoms with Gasteiger partial charge in [-0.3, -0.25) is 9.59 Å². The Bertz CT molecular complexity index is 1110. The molecule has 7 heteroatoms. The zero-order valence-electron chi connectivity index (χ0n) is 15.9. The number of rotatable bonds is 4. The highest BCUT2D eigenvalue weighted by molar-refractivity contribution is 7.18. The van der Waals surface area contributed by atoms with Gasteiger partial charge in [0.1, 0.15) is 0 Å². The number of fused-ring (bicyclic) bond motifs is 2. The number of carbonyl (C=O) groups excluding carboxylic acids is 2. The van der Waals surface area contributed by atoms with E-state index in [1.165, 1.54) is 0 Å². The van der Waals surface area contributed by atoms with E-state index in [-0.39, 0.29) is 11.8 Å². The highest BCUT2D eigenvalue weighted by Gasteiger charge is 2.42. The summed E-state index contributed by atoms with van der Waals surface area (Å²) in [7, 11) is 1.76. The lowest BCUT2D eigenvalue weighted by molar-refractivity contribution is -0.121. The molecule has 1 N–H and O–H groups in total. The molecule has 4 rings (SSSR count). The zero-order chi connectivity index (χ0) is 20.1. The second-order valence-electron chi connectivity index (χ2n) is 7.45. The van der Waals surface area contributed by atoms with Crippen LogP contribution in [0.3, 0.4) is 0 Å². The van der Waals surface area contributed by atoms with Crippen molar-refractivity contribution in [3.05, 3.63) is 57.6 Å². The predicted molar refractivity (Wildman–Crippen MR) is 114 cm³/mol. The van der Waals surface area contributed by atoms with E-state index in [9.17, 15) is 9.59 Å². The van der Waals surface area contributed by atoms with E-state index in [4.69, 9.17) is 11.6 Å². The predicted octanol–water partition coefficient (Wildman–Crippen LogP) is 4.18. The molecule has 1 aliphatic rings. The summed E-state index contributed by atoms with van der Waals surface area (Å²) in [4.78, 5) is 31.2.